The molecule has 0 aromatic carbocycles. The molecule has 1 rings (SSSR count). The van der Waals surface area contributed by atoms with Gasteiger partial charge < -0.3 is 20.1 Å². The van der Waals surface area contributed by atoms with E-state index in [2.05, 4.69) is 15.8 Å². The van der Waals surface area contributed by atoms with Crippen molar-refractivity contribution < 1.29 is 14.3 Å². The first-order valence-electron chi connectivity index (χ1n) is 6.09. The summed E-state index contributed by atoms with van der Waals surface area (Å²) in [6.07, 6.45) is 1.82. The van der Waals surface area contributed by atoms with Crippen LogP contribution in [0, 0.1) is 11.3 Å². The van der Waals surface area contributed by atoms with Crippen molar-refractivity contribution in [3.63, 3.8) is 0 Å². The maximum Gasteiger partial charge on any atom is 0.340 e. The van der Waals surface area contributed by atoms with Crippen molar-refractivity contribution in [3.8, 4) is 6.07 Å². The number of esters is 1. The average Bonchev–Trinajstić information content (AvgIpc) is 2.47. The zero-order chi connectivity index (χ0) is 15.0. The van der Waals surface area contributed by atoms with Gasteiger partial charge in [0, 0.05) is 26.4 Å². The molecule has 1 aromatic heterocycles. The number of methoxy groups -OCH3 is 2. The largest absolute Gasteiger partial charge is 0.465 e. The molecule has 20 heavy (non-hydrogen) atoms. The van der Waals surface area contributed by atoms with E-state index in [9.17, 15) is 4.79 Å². The van der Waals surface area contributed by atoms with Crippen LogP contribution in [0.5, 0.6) is 0 Å². The summed E-state index contributed by atoms with van der Waals surface area (Å²) in [6, 6.07) is 3.57. The summed E-state index contributed by atoms with van der Waals surface area (Å²) in [6.45, 7) is 1.46. The molecule has 0 saturated heterocycles. The summed E-state index contributed by atoms with van der Waals surface area (Å²) >= 11 is 0. The van der Waals surface area contributed by atoms with Crippen molar-refractivity contribution in [3.05, 3.63) is 17.8 Å². The van der Waals surface area contributed by atoms with Crippen molar-refractivity contribution in [1.82, 2.24) is 4.98 Å². The zero-order valence-corrected chi connectivity index (χ0v) is 11.6. The number of nitrogens with zero attached hydrogens (tertiary/aromatic N) is 3. The molecule has 1 aromatic rings. The second-order valence-corrected chi connectivity index (χ2v) is 3.98. The van der Waals surface area contributed by atoms with Gasteiger partial charge in [0.2, 0.25) is 0 Å². The van der Waals surface area contributed by atoms with Crippen LogP contribution in [0.3, 0.4) is 0 Å². The van der Waals surface area contributed by atoms with Gasteiger partial charge in [0.25, 0.3) is 0 Å². The van der Waals surface area contributed by atoms with Crippen molar-refractivity contribution in [2.75, 3.05) is 44.5 Å². The predicted octanol–water partition coefficient (Wildman–Crippen LogP) is 0.817. The molecule has 0 aliphatic rings. The molecule has 7 heteroatoms. The van der Waals surface area contributed by atoms with Crippen LogP contribution in [0.1, 0.15) is 16.8 Å². The molecule has 7 nitrogen and oxygen atoms in total. The van der Waals surface area contributed by atoms with Gasteiger partial charge in [-0.15, -0.1) is 0 Å². The fraction of sp³-hybridized carbons (Fsp3) is 0.462. The van der Waals surface area contributed by atoms with Gasteiger partial charge in [-0.1, -0.05) is 0 Å². The standard InChI is InChI=1S/C13H18N4O3/c1-19-9-8-17(7-3-5-14)12-11(15)10(4-6-16-12)13(18)20-2/h4,6H,3,7-9,15H2,1-2H3. The number of nitrogens with two attached hydrogens (primary N) is 1. The summed E-state index contributed by atoms with van der Waals surface area (Å²) < 4.78 is 9.70. The Balaban J connectivity index is 3.06. The van der Waals surface area contributed by atoms with Gasteiger partial charge in [0.05, 0.1) is 37.5 Å². The van der Waals surface area contributed by atoms with Gasteiger partial charge >= 0.3 is 5.97 Å². The summed E-state index contributed by atoms with van der Waals surface area (Å²) in [5, 5.41) is 8.70. The number of hydrogen-bond donors (Lipinski definition) is 1. The monoisotopic (exact) mass is 278 g/mol. The molecule has 0 atom stereocenters. The minimum Gasteiger partial charge on any atom is -0.465 e. The number of aromatic nitrogens is 1. The van der Waals surface area contributed by atoms with Gasteiger partial charge in [0.1, 0.15) is 0 Å². The maximum absolute atomic E-state index is 11.6. The minimum atomic E-state index is -0.516. The molecule has 0 unspecified atom stereocenters. The third kappa shape index (κ3) is 3.83. The van der Waals surface area contributed by atoms with E-state index < -0.39 is 5.97 Å². The van der Waals surface area contributed by atoms with Crippen LogP contribution in [0.2, 0.25) is 0 Å². The van der Waals surface area contributed by atoms with E-state index in [0.717, 1.165) is 0 Å². The lowest BCUT2D eigenvalue weighted by Crippen LogP contribution is -2.30. The van der Waals surface area contributed by atoms with Crippen LogP contribution >= 0.6 is 0 Å². The molecule has 0 bridgehead atoms. The van der Waals surface area contributed by atoms with Crippen LogP contribution in [0.25, 0.3) is 0 Å². The lowest BCUT2D eigenvalue weighted by molar-refractivity contribution is 0.0602. The Hall–Kier alpha value is -2.33. The summed E-state index contributed by atoms with van der Waals surface area (Å²) in [4.78, 5) is 17.6. The van der Waals surface area contributed by atoms with Crippen LogP contribution in [-0.4, -0.2) is 44.9 Å². The Labute approximate surface area is 117 Å². The molecular weight excluding hydrogens is 260 g/mol. The molecule has 0 amide bonds. The third-order valence-electron chi connectivity index (χ3n) is 2.73. The lowest BCUT2D eigenvalue weighted by atomic mass is 10.2. The molecular formula is C13H18N4O3. The summed E-state index contributed by atoms with van der Waals surface area (Å²) in [5.41, 5.74) is 6.48. The van der Waals surface area contributed by atoms with E-state index >= 15 is 0 Å². The van der Waals surface area contributed by atoms with Crippen molar-refractivity contribution in [2.45, 2.75) is 6.42 Å². The van der Waals surface area contributed by atoms with Crippen LogP contribution in [-0.2, 0) is 9.47 Å². The van der Waals surface area contributed by atoms with Crippen LogP contribution in [0.4, 0.5) is 11.5 Å². The molecule has 0 spiro atoms. The van der Waals surface area contributed by atoms with Gasteiger partial charge in [-0.3, -0.25) is 0 Å². The SMILES string of the molecule is COCCN(CCC#N)c1nccc(C(=O)OC)c1N. The fourth-order valence-electron chi connectivity index (χ4n) is 1.71. The number of carbonyl (C=O) groups excluding carboxylic acids is 1. The van der Waals surface area contributed by atoms with Gasteiger partial charge in [-0.05, 0) is 6.07 Å². The van der Waals surface area contributed by atoms with Gasteiger partial charge in [0.15, 0.2) is 5.82 Å². The predicted molar refractivity (Wildman–Crippen MR) is 74.3 cm³/mol. The average molecular weight is 278 g/mol. The first-order chi connectivity index (χ1) is 9.65. The first kappa shape index (κ1) is 15.7. The van der Waals surface area contributed by atoms with Gasteiger partial charge in [-0.25, -0.2) is 9.78 Å². The highest BCUT2D eigenvalue weighted by atomic mass is 16.5. The molecule has 0 aliphatic carbocycles. The molecule has 108 valence electrons. The number of nitriles is 1. The van der Waals surface area contributed by atoms with Crippen molar-refractivity contribution >= 4 is 17.5 Å². The van der Waals surface area contributed by atoms with Crippen LogP contribution in [0.15, 0.2) is 12.3 Å². The van der Waals surface area contributed by atoms with E-state index in [1.807, 2.05) is 4.90 Å². The Morgan fingerprint density at radius 1 is 1.50 bits per heavy atom. The second kappa shape index (κ2) is 7.96. The number of rotatable bonds is 7. The molecule has 0 aliphatic heterocycles. The first-order valence-corrected chi connectivity index (χ1v) is 6.09. The van der Waals surface area contributed by atoms with E-state index in [0.29, 0.717) is 31.9 Å². The van der Waals surface area contributed by atoms with E-state index in [4.69, 9.17) is 15.7 Å². The number of pyridine rings is 1. The second-order valence-electron chi connectivity index (χ2n) is 3.98. The fourth-order valence-corrected chi connectivity index (χ4v) is 1.71. The quantitative estimate of drug-likeness (QED) is 0.736. The Kier molecular flexibility index (Phi) is 6.26. The van der Waals surface area contributed by atoms with Crippen molar-refractivity contribution in [2.24, 2.45) is 0 Å². The number of ether oxygens (including phenoxy) is 2. The van der Waals surface area contributed by atoms with E-state index in [1.54, 1.807) is 7.11 Å². The minimum absolute atomic E-state index is 0.244. The van der Waals surface area contributed by atoms with Crippen molar-refractivity contribution in [1.29, 1.82) is 5.26 Å². The van der Waals surface area contributed by atoms with Gasteiger partial charge in [-0.2, -0.15) is 5.26 Å². The number of nitrogen functional groups attached to an aromatic ring is 1. The van der Waals surface area contributed by atoms with E-state index in [-0.39, 0.29) is 11.3 Å². The Bertz CT molecular complexity index is 499. The number of anilines is 2. The number of carbonyl (C=O) groups is 1. The topological polar surface area (TPSA) is 101 Å². The Morgan fingerprint density at radius 2 is 2.25 bits per heavy atom. The highest BCUT2D eigenvalue weighted by Gasteiger charge is 2.18. The smallest absolute Gasteiger partial charge is 0.340 e. The molecule has 1 heterocycles. The third-order valence-corrected chi connectivity index (χ3v) is 2.73. The normalized spacial score (nSPS) is 9.85. The van der Waals surface area contributed by atoms with Crippen LogP contribution < -0.4 is 10.6 Å². The summed E-state index contributed by atoms with van der Waals surface area (Å²) in [7, 11) is 2.88. The molecule has 2 N–H and O–H groups in total. The lowest BCUT2D eigenvalue weighted by Gasteiger charge is -2.24. The Morgan fingerprint density at radius 3 is 2.85 bits per heavy atom. The highest BCUT2D eigenvalue weighted by Crippen LogP contribution is 2.24. The molecule has 0 radical (unpaired) electrons. The zero-order valence-electron chi connectivity index (χ0n) is 11.6. The molecule has 0 saturated carbocycles. The summed E-state index contributed by atoms with van der Waals surface area (Å²) in [5.74, 6) is -0.0571. The number of hydrogen-bond acceptors (Lipinski definition) is 7. The molecule has 0 fully saturated rings. The highest BCUT2D eigenvalue weighted by molar-refractivity contribution is 5.97. The maximum atomic E-state index is 11.6. The van der Waals surface area contributed by atoms with E-state index in [1.165, 1.54) is 19.4 Å².